The molecule has 0 aliphatic heterocycles. The molecular formula is C56H36N2. The Morgan fingerprint density at radius 2 is 0.707 bits per heavy atom. The molecule has 0 fully saturated rings. The van der Waals surface area contributed by atoms with Crippen molar-refractivity contribution in [3.8, 4) is 67.3 Å². The van der Waals surface area contributed by atoms with Gasteiger partial charge in [0.25, 0.3) is 0 Å². The summed E-state index contributed by atoms with van der Waals surface area (Å²) in [6, 6.07) is 78.3. The first kappa shape index (κ1) is 33.6. The van der Waals surface area contributed by atoms with Crippen molar-refractivity contribution < 1.29 is 0 Å². The minimum atomic E-state index is 0.720. The average molecular weight is 737 g/mol. The number of aromatic nitrogens is 2. The van der Waals surface area contributed by atoms with E-state index in [0.717, 1.165) is 33.9 Å². The summed E-state index contributed by atoms with van der Waals surface area (Å²) in [4.78, 5) is 10.0. The molecule has 0 amide bonds. The molecule has 0 spiro atoms. The van der Waals surface area contributed by atoms with Crippen LogP contribution >= 0.6 is 0 Å². The van der Waals surface area contributed by atoms with Crippen LogP contribution < -0.4 is 0 Å². The lowest BCUT2D eigenvalue weighted by molar-refractivity contribution is 1.18. The van der Waals surface area contributed by atoms with Gasteiger partial charge in [-0.2, -0.15) is 0 Å². The Morgan fingerprint density at radius 1 is 0.241 bits per heavy atom. The topological polar surface area (TPSA) is 25.8 Å². The molecule has 2 heteroatoms. The van der Waals surface area contributed by atoms with Crippen LogP contribution in [0.4, 0.5) is 0 Å². The van der Waals surface area contributed by atoms with Crippen molar-refractivity contribution in [1.29, 1.82) is 0 Å². The van der Waals surface area contributed by atoms with Crippen molar-refractivity contribution >= 4 is 43.1 Å². The van der Waals surface area contributed by atoms with E-state index >= 15 is 0 Å². The summed E-state index contributed by atoms with van der Waals surface area (Å²) in [6.07, 6.45) is 0. The zero-order valence-corrected chi connectivity index (χ0v) is 31.7. The van der Waals surface area contributed by atoms with E-state index in [4.69, 9.17) is 9.97 Å². The Bertz CT molecular complexity index is 3240. The highest BCUT2D eigenvalue weighted by molar-refractivity contribution is 6.27. The van der Waals surface area contributed by atoms with Crippen molar-refractivity contribution in [2.24, 2.45) is 0 Å². The molecule has 0 N–H and O–H groups in total. The van der Waals surface area contributed by atoms with E-state index in [2.05, 4.69) is 194 Å². The lowest BCUT2D eigenvalue weighted by Crippen LogP contribution is -1.95. The number of benzene rings is 10. The van der Waals surface area contributed by atoms with Gasteiger partial charge in [-0.25, -0.2) is 9.97 Å². The number of fused-ring (bicyclic) bond motifs is 5. The first-order valence-electron chi connectivity index (χ1n) is 19.8. The van der Waals surface area contributed by atoms with Gasteiger partial charge in [0.15, 0.2) is 5.82 Å². The average Bonchev–Trinajstić information content (AvgIpc) is 3.31. The maximum atomic E-state index is 5.07. The van der Waals surface area contributed by atoms with E-state index in [1.807, 2.05) is 24.3 Å². The highest BCUT2D eigenvalue weighted by Crippen LogP contribution is 2.46. The van der Waals surface area contributed by atoms with Gasteiger partial charge in [-0.3, -0.25) is 0 Å². The third-order valence-corrected chi connectivity index (χ3v) is 11.4. The van der Waals surface area contributed by atoms with Crippen LogP contribution in [0.5, 0.6) is 0 Å². The molecule has 0 saturated heterocycles. The van der Waals surface area contributed by atoms with Crippen molar-refractivity contribution in [2.75, 3.05) is 0 Å². The van der Waals surface area contributed by atoms with Crippen LogP contribution in [0.15, 0.2) is 218 Å². The van der Waals surface area contributed by atoms with Gasteiger partial charge in [-0.1, -0.05) is 200 Å². The number of nitrogens with zero attached hydrogens (tertiary/aromatic N) is 2. The molecule has 58 heavy (non-hydrogen) atoms. The number of rotatable bonds is 6. The quantitative estimate of drug-likeness (QED) is 0.125. The van der Waals surface area contributed by atoms with Crippen LogP contribution in [0.3, 0.4) is 0 Å². The lowest BCUT2D eigenvalue weighted by atomic mass is 9.84. The van der Waals surface area contributed by atoms with Gasteiger partial charge < -0.3 is 0 Å². The second-order valence-electron chi connectivity index (χ2n) is 14.9. The highest BCUT2D eigenvalue weighted by Gasteiger charge is 2.19. The molecule has 1 aromatic heterocycles. The largest absolute Gasteiger partial charge is 0.228 e. The Kier molecular flexibility index (Phi) is 8.19. The molecule has 0 atom stereocenters. The van der Waals surface area contributed by atoms with E-state index in [1.54, 1.807) is 0 Å². The van der Waals surface area contributed by atoms with E-state index in [9.17, 15) is 0 Å². The summed E-state index contributed by atoms with van der Waals surface area (Å²) in [5.74, 6) is 0.720. The maximum absolute atomic E-state index is 5.07. The van der Waals surface area contributed by atoms with Crippen molar-refractivity contribution in [3.63, 3.8) is 0 Å². The number of hydrogen-bond acceptors (Lipinski definition) is 2. The van der Waals surface area contributed by atoms with Crippen LogP contribution in [0.2, 0.25) is 0 Å². The summed E-state index contributed by atoms with van der Waals surface area (Å²) in [5.41, 5.74) is 12.3. The van der Waals surface area contributed by atoms with Gasteiger partial charge >= 0.3 is 0 Å². The van der Waals surface area contributed by atoms with E-state index < -0.39 is 0 Å². The first-order chi connectivity index (χ1) is 28.7. The first-order valence-corrected chi connectivity index (χ1v) is 19.8. The maximum Gasteiger partial charge on any atom is 0.160 e. The summed E-state index contributed by atoms with van der Waals surface area (Å²) in [7, 11) is 0. The van der Waals surface area contributed by atoms with Crippen molar-refractivity contribution in [1.82, 2.24) is 9.97 Å². The smallest absolute Gasteiger partial charge is 0.160 e. The second-order valence-corrected chi connectivity index (χ2v) is 14.9. The van der Waals surface area contributed by atoms with Gasteiger partial charge in [-0.15, -0.1) is 0 Å². The standard InChI is InChI=1S/C56H36N2/c1-4-15-39(16-5-1)51-36-52(58-56(57-51)42-19-8-3-9-20-42)46-31-30-44-34-43(28-29-45(44)35-46)37-24-26-41(27-25-37)54-49-23-13-12-22-48(49)53(40-17-6-2-7-18-40)50-33-32-38-14-10-11-21-47(38)55(50)54/h1-36H. The van der Waals surface area contributed by atoms with Crippen molar-refractivity contribution in [3.05, 3.63) is 218 Å². The summed E-state index contributed by atoms with van der Waals surface area (Å²) in [5, 5.41) is 9.95. The molecule has 270 valence electrons. The molecule has 0 bridgehead atoms. The predicted molar refractivity (Wildman–Crippen MR) is 245 cm³/mol. The molecule has 1 heterocycles. The molecule has 0 radical (unpaired) electrons. The van der Waals surface area contributed by atoms with Gasteiger partial charge in [0.1, 0.15) is 0 Å². The highest BCUT2D eigenvalue weighted by atomic mass is 14.9. The van der Waals surface area contributed by atoms with E-state index in [0.29, 0.717) is 0 Å². The normalized spacial score (nSPS) is 11.4. The third kappa shape index (κ3) is 5.91. The Balaban J connectivity index is 0.996. The van der Waals surface area contributed by atoms with Crippen LogP contribution in [0.1, 0.15) is 0 Å². The SMILES string of the molecule is c1ccc(-c2cc(-c3ccc4cc(-c5ccc(-c6c7ccccc7c(-c7ccccc7)c7ccc8ccccc8c67)cc5)ccc4c3)nc(-c3ccccc3)n2)cc1. The van der Waals surface area contributed by atoms with Crippen molar-refractivity contribution in [2.45, 2.75) is 0 Å². The van der Waals surface area contributed by atoms with Gasteiger partial charge in [0.2, 0.25) is 0 Å². The Hall–Kier alpha value is -7.68. The molecule has 0 aliphatic rings. The van der Waals surface area contributed by atoms with Crippen LogP contribution in [-0.4, -0.2) is 9.97 Å². The van der Waals surface area contributed by atoms with Gasteiger partial charge in [0.05, 0.1) is 11.4 Å². The molecule has 2 nitrogen and oxygen atoms in total. The third-order valence-electron chi connectivity index (χ3n) is 11.4. The molecule has 11 aromatic rings. The van der Waals surface area contributed by atoms with E-state index in [1.165, 1.54) is 76.5 Å². The second kappa shape index (κ2) is 14.1. The van der Waals surface area contributed by atoms with Crippen LogP contribution in [0, 0.1) is 0 Å². The summed E-state index contributed by atoms with van der Waals surface area (Å²) >= 11 is 0. The van der Waals surface area contributed by atoms with Crippen LogP contribution in [0.25, 0.3) is 110 Å². The fourth-order valence-corrected chi connectivity index (χ4v) is 8.65. The zero-order valence-electron chi connectivity index (χ0n) is 31.7. The molecule has 0 aliphatic carbocycles. The molecular weight excluding hydrogens is 701 g/mol. The fourth-order valence-electron chi connectivity index (χ4n) is 8.65. The summed E-state index contributed by atoms with van der Waals surface area (Å²) < 4.78 is 0. The zero-order chi connectivity index (χ0) is 38.4. The summed E-state index contributed by atoms with van der Waals surface area (Å²) in [6.45, 7) is 0. The molecule has 10 aromatic carbocycles. The fraction of sp³-hybridized carbons (Fsp3) is 0. The van der Waals surface area contributed by atoms with Gasteiger partial charge in [0, 0.05) is 16.7 Å². The van der Waals surface area contributed by atoms with Crippen LogP contribution in [-0.2, 0) is 0 Å². The minimum absolute atomic E-state index is 0.720. The Morgan fingerprint density at radius 3 is 1.40 bits per heavy atom. The number of hydrogen-bond donors (Lipinski definition) is 0. The minimum Gasteiger partial charge on any atom is -0.228 e. The van der Waals surface area contributed by atoms with E-state index in [-0.39, 0.29) is 0 Å². The lowest BCUT2D eigenvalue weighted by Gasteiger charge is -2.19. The molecule has 11 rings (SSSR count). The molecule has 0 saturated carbocycles. The Labute approximate surface area is 337 Å². The monoisotopic (exact) mass is 736 g/mol. The molecule has 0 unspecified atom stereocenters. The predicted octanol–water partition coefficient (Wildman–Crippen LogP) is 15.1. The van der Waals surface area contributed by atoms with Gasteiger partial charge in [-0.05, 0) is 94.7 Å².